The lowest BCUT2D eigenvalue weighted by molar-refractivity contribution is 0.101. The molecule has 2 aromatic rings. The first-order valence-corrected chi connectivity index (χ1v) is 5.84. The summed E-state index contributed by atoms with van der Waals surface area (Å²) >= 11 is 0. The Kier molecular flexibility index (Phi) is 2.49. The molecule has 1 aliphatic rings. The molecule has 0 unspecified atom stereocenters. The SMILES string of the molecule is Cc1cccc(/C=C2/Oc3ccccc3C2=O)c1. The predicted octanol–water partition coefficient (Wildman–Crippen LogP) is 3.61. The van der Waals surface area contributed by atoms with Crippen LogP contribution in [0, 0.1) is 6.92 Å². The van der Waals surface area contributed by atoms with Crippen LogP contribution in [-0.2, 0) is 0 Å². The van der Waals surface area contributed by atoms with E-state index in [4.69, 9.17) is 4.74 Å². The molecule has 0 saturated carbocycles. The van der Waals surface area contributed by atoms with Gasteiger partial charge in [-0.1, -0.05) is 42.0 Å². The van der Waals surface area contributed by atoms with Crippen molar-refractivity contribution in [1.82, 2.24) is 0 Å². The molecule has 2 heteroatoms. The number of ketones is 1. The van der Waals surface area contributed by atoms with Crippen LogP contribution in [0.5, 0.6) is 5.75 Å². The zero-order valence-corrected chi connectivity index (χ0v) is 10.0. The zero-order valence-electron chi connectivity index (χ0n) is 10.0. The van der Waals surface area contributed by atoms with E-state index in [0.29, 0.717) is 17.1 Å². The van der Waals surface area contributed by atoms with Crippen molar-refractivity contribution in [3.8, 4) is 5.75 Å². The normalized spacial score (nSPS) is 15.6. The number of hydrogen-bond acceptors (Lipinski definition) is 2. The van der Waals surface area contributed by atoms with Crippen molar-refractivity contribution in [2.75, 3.05) is 0 Å². The molecule has 2 nitrogen and oxygen atoms in total. The Morgan fingerprint density at radius 3 is 2.67 bits per heavy atom. The van der Waals surface area contributed by atoms with Crippen LogP contribution in [0.2, 0.25) is 0 Å². The van der Waals surface area contributed by atoms with Gasteiger partial charge in [-0.3, -0.25) is 4.79 Å². The summed E-state index contributed by atoms with van der Waals surface area (Å²) < 4.78 is 5.57. The standard InChI is InChI=1S/C16H12O2/c1-11-5-4-6-12(9-11)10-15-16(17)13-7-2-3-8-14(13)18-15/h2-10H,1H3/b15-10+. The van der Waals surface area contributed by atoms with Gasteiger partial charge in [-0.05, 0) is 30.7 Å². The first-order chi connectivity index (χ1) is 8.74. The van der Waals surface area contributed by atoms with E-state index in [1.54, 1.807) is 12.1 Å². The summed E-state index contributed by atoms with van der Waals surface area (Å²) in [6.45, 7) is 2.02. The second kappa shape index (κ2) is 4.15. The smallest absolute Gasteiger partial charge is 0.231 e. The molecule has 0 fully saturated rings. The third-order valence-electron chi connectivity index (χ3n) is 2.92. The van der Waals surface area contributed by atoms with E-state index in [2.05, 4.69) is 0 Å². The average Bonchev–Trinajstić information content (AvgIpc) is 2.67. The lowest BCUT2D eigenvalue weighted by Gasteiger charge is -1.99. The van der Waals surface area contributed by atoms with Gasteiger partial charge in [0.25, 0.3) is 0 Å². The van der Waals surface area contributed by atoms with Gasteiger partial charge >= 0.3 is 0 Å². The number of hydrogen-bond donors (Lipinski definition) is 0. The first kappa shape index (κ1) is 10.8. The summed E-state index contributed by atoms with van der Waals surface area (Å²) in [4.78, 5) is 12.1. The summed E-state index contributed by atoms with van der Waals surface area (Å²) in [6, 6.07) is 15.3. The van der Waals surface area contributed by atoms with Gasteiger partial charge in [-0.2, -0.15) is 0 Å². The molecule has 0 aromatic heterocycles. The largest absolute Gasteiger partial charge is 0.452 e. The monoisotopic (exact) mass is 236 g/mol. The summed E-state index contributed by atoms with van der Waals surface area (Å²) in [5, 5.41) is 0. The lowest BCUT2D eigenvalue weighted by Crippen LogP contribution is -1.97. The molecule has 88 valence electrons. The fourth-order valence-electron chi connectivity index (χ4n) is 2.05. The number of benzene rings is 2. The van der Waals surface area contributed by atoms with Crippen molar-refractivity contribution < 1.29 is 9.53 Å². The van der Waals surface area contributed by atoms with Crippen molar-refractivity contribution >= 4 is 11.9 Å². The second-order valence-corrected chi connectivity index (χ2v) is 4.35. The fraction of sp³-hybridized carbons (Fsp3) is 0.0625. The summed E-state index contributed by atoms with van der Waals surface area (Å²) in [7, 11) is 0. The van der Waals surface area contributed by atoms with Crippen LogP contribution in [0.3, 0.4) is 0 Å². The lowest BCUT2D eigenvalue weighted by atomic mass is 10.1. The maximum Gasteiger partial charge on any atom is 0.231 e. The van der Waals surface area contributed by atoms with E-state index in [9.17, 15) is 4.79 Å². The minimum Gasteiger partial charge on any atom is -0.452 e. The van der Waals surface area contributed by atoms with Crippen molar-refractivity contribution in [2.45, 2.75) is 6.92 Å². The summed E-state index contributed by atoms with van der Waals surface area (Å²) in [5.41, 5.74) is 2.77. The molecular formula is C16H12O2. The van der Waals surface area contributed by atoms with Gasteiger partial charge in [0.2, 0.25) is 5.78 Å². The Hall–Kier alpha value is -2.35. The molecule has 0 radical (unpaired) electrons. The minimum absolute atomic E-state index is 0.0490. The summed E-state index contributed by atoms with van der Waals surface area (Å²) in [6.07, 6.45) is 1.79. The van der Waals surface area contributed by atoms with Crippen molar-refractivity contribution in [2.24, 2.45) is 0 Å². The number of rotatable bonds is 1. The van der Waals surface area contributed by atoms with Crippen molar-refractivity contribution in [3.05, 3.63) is 71.0 Å². The number of allylic oxidation sites excluding steroid dienone is 1. The molecule has 18 heavy (non-hydrogen) atoms. The van der Waals surface area contributed by atoms with Crippen LogP contribution in [0.15, 0.2) is 54.3 Å². The third-order valence-corrected chi connectivity index (χ3v) is 2.92. The Balaban J connectivity index is 1.99. The van der Waals surface area contributed by atoms with E-state index in [-0.39, 0.29) is 5.78 Å². The van der Waals surface area contributed by atoms with Crippen LogP contribution >= 0.6 is 0 Å². The number of Topliss-reactive ketones (excluding diaryl/α,β-unsaturated/α-hetero) is 1. The molecule has 0 N–H and O–H groups in total. The van der Waals surface area contributed by atoms with Gasteiger partial charge in [0, 0.05) is 0 Å². The van der Waals surface area contributed by atoms with E-state index in [1.165, 1.54) is 0 Å². The number of para-hydroxylation sites is 1. The Labute approximate surface area is 106 Å². The molecule has 0 aliphatic carbocycles. The first-order valence-electron chi connectivity index (χ1n) is 5.84. The van der Waals surface area contributed by atoms with Crippen LogP contribution < -0.4 is 4.74 Å². The van der Waals surface area contributed by atoms with Gasteiger partial charge in [-0.25, -0.2) is 0 Å². The minimum atomic E-state index is -0.0490. The van der Waals surface area contributed by atoms with Crippen LogP contribution in [0.1, 0.15) is 21.5 Å². The Bertz CT molecular complexity index is 654. The van der Waals surface area contributed by atoms with E-state index in [1.807, 2.05) is 49.4 Å². The number of carbonyl (C=O) groups is 1. The van der Waals surface area contributed by atoms with Gasteiger partial charge in [0.1, 0.15) is 5.75 Å². The van der Waals surface area contributed by atoms with Crippen LogP contribution in [-0.4, -0.2) is 5.78 Å². The highest BCUT2D eigenvalue weighted by Gasteiger charge is 2.26. The maximum absolute atomic E-state index is 12.1. The molecule has 3 rings (SSSR count). The predicted molar refractivity (Wildman–Crippen MR) is 70.6 cm³/mol. The van der Waals surface area contributed by atoms with E-state index in [0.717, 1.165) is 11.1 Å². The molecule has 1 heterocycles. The zero-order chi connectivity index (χ0) is 12.5. The fourth-order valence-corrected chi connectivity index (χ4v) is 2.05. The van der Waals surface area contributed by atoms with E-state index >= 15 is 0 Å². The molecule has 2 aromatic carbocycles. The van der Waals surface area contributed by atoms with Crippen molar-refractivity contribution in [1.29, 1.82) is 0 Å². The van der Waals surface area contributed by atoms with Crippen LogP contribution in [0.25, 0.3) is 6.08 Å². The molecular weight excluding hydrogens is 224 g/mol. The van der Waals surface area contributed by atoms with Gasteiger partial charge < -0.3 is 4.74 Å². The molecule has 0 bridgehead atoms. The van der Waals surface area contributed by atoms with Gasteiger partial charge in [0.05, 0.1) is 5.56 Å². The molecule has 0 saturated heterocycles. The number of fused-ring (bicyclic) bond motifs is 1. The third kappa shape index (κ3) is 1.82. The van der Waals surface area contributed by atoms with Gasteiger partial charge in [-0.15, -0.1) is 0 Å². The maximum atomic E-state index is 12.1. The highest BCUT2D eigenvalue weighted by molar-refractivity contribution is 6.14. The van der Waals surface area contributed by atoms with Gasteiger partial charge in [0.15, 0.2) is 5.76 Å². The number of ether oxygens (including phenoxy) is 1. The average molecular weight is 236 g/mol. The highest BCUT2D eigenvalue weighted by Crippen LogP contribution is 2.31. The van der Waals surface area contributed by atoms with Crippen LogP contribution in [0.4, 0.5) is 0 Å². The second-order valence-electron chi connectivity index (χ2n) is 4.35. The quantitative estimate of drug-likeness (QED) is 0.707. The number of aryl methyl sites for hydroxylation is 1. The highest BCUT2D eigenvalue weighted by atomic mass is 16.5. The van der Waals surface area contributed by atoms with Crippen molar-refractivity contribution in [3.63, 3.8) is 0 Å². The Morgan fingerprint density at radius 1 is 1.06 bits per heavy atom. The molecule has 0 amide bonds. The molecule has 0 spiro atoms. The molecule has 1 aliphatic heterocycles. The summed E-state index contributed by atoms with van der Waals surface area (Å²) in [5.74, 6) is 0.982. The number of carbonyl (C=O) groups excluding carboxylic acids is 1. The molecule has 0 atom stereocenters. The topological polar surface area (TPSA) is 26.3 Å². The van der Waals surface area contributed by atoms with E-state index < -0.39 is 0 Å². The Morgan fingerprint density at radius 2 is 1.89 bits per heavy atom.